The molecule has 1 saturated heterocycles. The molecule has 0 amide bonds. The summed E-state index contributed by atoms with van der Waals surface area (Å²) in [6, 6.07) is 15.9. The summed E-state index contributed by atoms with van der Waals surface area (Å²) in [5.74, 6) is 0.820. The SMILES string of the molecule is COc1cccc(NC(=S)N2CCN(Cc3ccc(Cl)cc3)CC2)c1. The fraction of sp³-hybridized carbons (Fsp3) is 0.316. The molecule has 1 fully saturated rings. The van der Waals surface area contributed by atoms with Crippen molar-refractivity contribution in [2.75, 3.05) is 38.6 Å². The van der Waals surface area contributed by atoms with E-state index in [0.717, 1.165) is 54.3 Å². The first kappa shape index (κ1) is 18.0. The molecule has 2 aromatic carbocycles. The number of anilines is 1. The van der Waals surface area contributed by atoms with Gasteiger partial charge in [-0.2, -0.15) is 0 Å². The van der Waals surface area contributed by atoms with E-state index in [-0.39, 0.29) is 0 Å². The lowest BCUT2D eigenvalue weighted by Crippen LogP contribution is -2.49. The van der Waals surface area contributed by atoms with Crippen LogP contribution in [0.5, 0.6) is 5.75 Å². The molecule has 4 nitrogen and oxygen atoms in total. The molecule has 0 aliphatic carbocycles. The fourth-order valence-electron chi connectivity index (χ4n) is 2.86. The van der Waals surface area contributed by atoms with E-state index in [2.05, 4.69) is 27.2 Å². The highest BCUT2D eigenvalue weighted by Gasteiger charge is 2.19. The minimum Gasteiger partial charge on any atom is -0.497 e. The second-order valence-electron chi connectivity index (χ2n) is 6.05. The van der Waals surface area contributed by atoms with Crippen LogP contribution in [0, 0.1) is 0 Å². The van der Waals surface area contributed by atoms with Gasteiger partial charge in [0.2, 0.25) is 0 Å². The van der Waals surface area contributed by atoms with Crippen LogP contribution in [-0.2, 0) is 6.54 Å². The summed E-state index contributed by atoms with van der Waals surface area (Å²) < 4.78 is 5.25. The topological polar surface area (TPSA) is 27.7 Å². The van der Waals surface area contributed by atoms with Crippen molar-refractivity contribution in [2.24, 2.45) is 0 Å². The van der Waals surface area contributed by atoms with Crippen LogP contribution in [0.4, 0.5) is 5.69 Å². The number of hydrogen-bond acceptors (Lipinski definition) is 3. The lowest BCUT2D eigenvalue weighted by Gasteiger charge is -2.36. The van der Waals surface area contributed by atoms with Gasteiger partial charge in [-0.25, -0.2) is 0 Å². The first-order valence-corrected chi connectivity index (χ1v) is 9.09. The fourth-order valence-corrected chi connectivity index (χ4v) is 3.29. The molecule has 0 saturated carbocycles. The summed E-state index contributed by atoms with van der Waals surface area (Å²) in [5, 5.41) is 4.84. The Morgan fingerprint density at radius 2 is 1.84 bits per heavy atom. The Kier molecular flexibility index (Phi) is 6.13. The van der Waals surface area contributed by atoms with Gasteiger partial charge in [-0.1, -0.05) is 29.8 Å². The third kappa shape index (κ3) is 5.08. The van der Waals surface area contributed by atoms with Gasteiger partial charge in [0.05, 0.1) is 7.11 Å². The van der Waals surface area contributed by atoms with Gasteiger partial charge >= 0.3 is 0 Å². The third-order valence-electron chi connectivity index (χ3n) is 4.30. The van der Waals surface area contributed by atoms with Gasteiger partial charge in [0, 0.05) is 49.5 Å². The van der Waals surface area contributed by atoms with E-state index in [1.807, 2.05) is 36.4 Å². The zero-order chi connectivity index (χ0) is 17.6. The summed E-state index contributed by atoms with van der Waals surface area (Å²) in [6.45, 7) is 4.76. The van der Waals surface area contributed by atoms with Gasteiger partial charge < -0.3 is 15.0 Å². The van der Waals surface area contributed by atoms with Crippen LogP contribution in [0.2, 0.25) is 5.02 Å². The average molecular weight is 376 g/mol. The smallest absolute Gasteiger partial charge is 0.173 e. The molecule has 0 spiro atoms. The van der Waals surface area contributed by atoms with E-state index < -0.39 is 0 Å². The molecule has 25 heavy (non-hydrogen) atoms. The third-order valence-corrected chi connectivity index (χ3v) is 4.91. The van der Waals surface area contributed by atoms with Crippen molar-refractivity contribution >= 4 is 34.6 Å². The van der Waals surface area contributed by atoms with Crippen LogP contribution in [0.15, 0.2) is 48.5 Å². The molecule has 0 bridgehead atoms. The number of benzene rings is 2. The number of hydrogen-bond donors (Lipinski definition) is 1. The number of nitrogens with one attached hydrogen (secondary N) is 1. The van der Waals surface area contributed by atoms with Gasteiger partial charge in [-0.3, -0.25) is 4.90 Å². The van der Waals surface area contributed by atoms with Crippen molar-refractivity contribution in [1.82, 2.24) is 9.80 Å². The first-order valence-electron chi connectivity index (χ1n) is 8.31. The normalized spacial score (nSPS) is 15.0. The summed E-state index contributed by atoms with van der Waals surface area (Å²) in [5.41, 5.74) is 2.24. The maximum atomic E-state index is 5.94. The van der Waals surface area contributed by atoms with E-state index in [1.165, 1.54) is 5.56 Å². The van der Waals surface area contributed by atoms with E-state index >= 15 is 0 Å². The molecule has 132 valence electrons. The molecule has 0 unspecified atom stereocenters. The van der Waals surface area contributed by atoms with Crippen molar-refractivity contribution in [3.05, 3.63) is 59.1 Å². The molecule has 6 heteroatoms. The molecule has 1 heterocycles. The van der Waals surface area contributed by atoms with E-state index in [1.54, 1.807) is 7.11 Å². The molecular weight excluding hydrogens is 354 g/mol. The molecule has 1 N–H and O–H groups in total. The van der Waals surface area contributed by atoms with Crippen LogP contribution in [0.3, 0.4) is 0 Å². The summed E-state index contributed by atoms with van der Waals surface area (Å²) in [7, 11) is 1.66. The Bertz CT molecular complexity index is 715. The lowest BCUT2D eigenvalue weighted by molar-refractivity contribution is 0.177. The Balaban J connectivity index is 1.49. The largest absolute Gasteiger partial charge is 0.497 e. The van der Waals surface area contributed by atoms with Crippen molar-refractivity contribution in [2.45, 2.75) is 6.54 Å². The number of methoxy groups -OCH3 is 1. The van der Waals surface area contributed by atoms with Crippen LogP contribution < -0.4 is 10.1 Å². The molecule has 3 rings (SSSR count). The van der Waals surface area contributed by atoms with Gasteiger partial charge in [0.15, 0.2) is 5.11 Å². The molecule has 1 aliphatic heterocycles. The van der Waals surface area contributed by atoms with Crippen molar-refractivity contribution in [1.29, 1.82) is 0 Å². The number of nitrogens with zero attached hydrogens (tertiary/aromatic N) is 2. The van der Waals surface area contributed by atoms with Crippen LogP contribution >= 0.6 is 23.8 Å². The van der Waals surface area contributed by atoms with Gasteiger partial charge in [0.25, 0.3) is 0 Å². The van der Waals surface area contributed by atoms with E-state index in [4.69, 9.17) is 28.6 Å². The summed E-state index contributed by atoms with van der Waals surface area (Å²) >= 11 is 11.5. The first-order chi connectivity index (χ1) is 12.1. The second-order valence-corrected chi connectivity index (χ2v) is 6.87. The molecule has 0 radical (unpaired) electrons. The Morgan fingerprint density at radius 1 is 1.12 bits per heavy atom. The molecule has 0 atom stereocenters. The zero-order valence-electron chi connectivity index (χ0n) is 14.2. The highest BCUT2D eigenvalue weighted by Crippen LogP contribution is 2.18. The van der Waals surface area contributed by atoms with Crippen LogP contribution in [-0.4, -0.2) is 48.2 Å². The van der Waals surface area contributed by atoms with Crippen LogP contribution in [0.1, 0.15) is 5.56 Å². The van der Waals surface area contributed by atoms with Gasteiger partial charge in [-0.15, -0.1) is 0 Å². The number of ether oxygens (including phenoxy) is 1. The average Bonchev–Trinajstić information content (AvgIpc) is 2.64. The van der Waals surface area contributed by atoms with Crippen molar-refractivity contribution in [3.8, 4) is 5.75 Å². The molecular formula is C19H22ClN3OS. The lowest BCUT2D eigenvalue weighted by atomic mass is 10.2. The summed E-state index contributed by atoms with van der Waals surface area (Å²) in [6.07, 6.45) is 0. The summed E-state index contributed by atoms with van der Waals surface area (Å²) in [4.78, 5) is 4.65. The zero-order valence-corrected chi connectivity index (χ0v) is 15.8. The molecule has 2 aromatic rings. The van der Waals surface area contributed by atoms with Gasteiger partial charge in [-0.05, 0) is 42.0 Å². The predicted molar refractivity (Wildman–Crippen MR) is 108 cm³/mol. The quantitative estimate of drug-likeness (QED) is 0.819. The second kappa shape index (κ2) is 8.52. The molecule has 1 aliphatic rings. The standard InChI is InChI=1S/C19H22ClN3OS/c1-24-18-4-2-3-17(13-18)21-19(25)23-11-9-22(10-12-23)14-15-5-7-16(20)8-6-15/h2-8,13H,9-12,14H2,1H3,(H,21,25). The van der Waals surface area contributed by atoms with Crippen molar-refractivity contribution < 1.29 is 4.74 Å². The van der Waals surface area contributed by atoms with E-state index in [0.29, 0.717) is 0 Å². The minimum absolute atomic E-state index is 0.763. The Hall–Kier alpha value is -1.82. The number of halogens is 1. The maximum Gasteiger partial charge on any atom is 0.173 e. The van der Waals surface area contributed by atoms with Crippen molar-refractivity contribution in [3.63, 3.8) is 0 Å². The Morgan fingerprint density at radius 3 is 2.52 bits per heavy atom. The highest BCUT2D eigenvalue weighted by molar-refractivity contribution is 7.80. The number of rotatable bonds is 4. The van der Waals surface area contributed by atoms with Gasteiger partial charge in [0.1, 0.15) is 5.75 Å². The highest BCUT2D eigenvalue weighted by atomic mass is 35.5. The monoisotopic (exact) mass is 375 g/mol. The van der Waals surface area contributed by atoms with E-state index in [9.17, 15) is 0 Å². The minimum atomic E-state index is 0.763. The predicted octanol–water partition coefficient (Wildman–Crippen LogP) is 3.86. The Labute approximate surface area is 159 Å². The van der Waals surface area contributed by atoms with Crippen LogP contribution in [0.25, 0.3) is 0 Å². The maximum absolute atomic E-state index is 5.94. The number of piperazine rings is 1. The number of thiocarbonyl (C=S) groups is 1. The molecule has 0 aromatic heterocycles.